The van der Waals surface area contributed by atoms with E-state index in [0.29, 0.717) is 30.3 Å². The molecular formula is C15H16FN7O3. The number of ether oxygens (including phenoxy) is 1. The van der Waals surface area contributed by atoms with E-state index in [4.69, 9.17) is 13.8 Å². The van der Waals surface area contributed by atoms with Crippen LogP contribution in [0.25, 0.3) is 23.0 Å². The smallest absolute Gasteiger partial charge is 0.224 e. The lowest BCUT2D eigenvalue weighted by Crippen LogP contribution is -2.38. The summed E-state index contributed by atoms with van der Waals surface area (Å²) >= 11 is 0. The molecule has 0 aliphatic carbocycles. The average Bonchev–Trinajstić information content (AvgIpc) is 3.36. The molecular weight excluding hydrogens is 345 g/mol. The second kappa shape index (κ2) is 6.75. The minimum atomic E-state index is -0.854. The van der Waals surface area contributed by atoms with Gasteiger partial charge in [0.05, 0.1) is 0 Å². The van der Waals surface area contributed by atoms with Crippen LogP contribution in [0.4, 0.5) is 4.39 Å². The van der Waals surface area contributed by atoms with Crippen molar-refractivity contribution >= 4 is 0 Å². The molecule has 1 fully saturated rings. The maximum atomic E-state index is 13.6. The highest BCUT2D eigenvalue weighted by molar-refractivity contribution is 5.57. The first-order valence-electron chi connectivity index (χ1n) is 8.05. The number of rotatable bonds is 5. The van der Waals surface area contributed by atoms with Crippen molar-refractivity contribution in [2.45, 2.75) is 31.7 Å². The van der Waals surface area contributed by atoms with Gasteiger partial charge in [0.1, 0.15) is 30.4 Å². The van der Waals surface area contributed by atoms with Crippen LogP contribution in [0.15, 0.2) is 27.5 Å². The molecule has 0 spiro atoms. The first kappa shape index (κ1) is 16.5. The van der Waals surface area contributed by atoms with Gasteiger partial charge in [0.2, 0.25) is 23.2 Å². The lowest BCUT2D eigenvalue weighted by atomic mass is 10.1. The molecule has 4 heterocycles. The predicted octanol–water partition coefficient (Wildman–Crippen LogP) is 1.39. The van der Waals surface area contributed by atoms with Gasteiger partial charge in [0.15, 0.2) is 0 Å². The van der Waals surface area contributed by atoms with Crippen LogP contribution in [0.1, 0.15) is 13.3 Å². The van der Waals surface area contributed by atoms with Gasteiger partial charge in [-0.25, -0.2) is 9.37 Å². The monoisotopic (exact) mass is 361 g/mol. The Bertz CT molecular complexity index is 806. The maximum absolute atomic E-state index is 13.6. The summed E-state index contributed by atoms with van der Waals surface area (Å²) in [4.78, 5) is 10.6. The van der Waals surface area contributed by atoms with Crippen LogP contribution in [0, 0.1) is 0 Å². The zero-order chi connectivity index (χ0) is 18.1. The molecule has 3 aromatic heterocycles. The molecule has 0 unspecified atom stereocenters. The number of likely N-dealkylation sites (N-methyl/N-ethyl adjacent to an activating group) is 1. The van der Waals surface area contributed by atoms with Crippen LogP contribution >= 0.6 is 0 Å². The number of nitrogens with zero attached hydrogens (tertiary/aromatic N) is 7. The van der Waals surface area contributed by atoms with Crippen molar-refractivity contribution in [3.05, 3.63) is 18.5 Å². The molecule has 11 heteroatoms. The highest BCUT2D eigenvalue weighted by Crippen LogP contribution is 2.27. The van der Waals surface area contributed by atoms with Gasteiger partial charge in [-0.15, -0.1) is 10.2 Å². The summed E-state index contributed by atoms with van der Waals surface area (Å²) in [7, 11) is 1.88. The van der Waals surface area contributed by atoms with E-state index in [1.807, 2.05) is 18.9 Å². The van der Waals surface area contributed by atoms with E-state index in [0.717, 1.165) is 0 Å². The first-order chi connectivity index (χ1) is 12.6. The Labute approximate surface area is 147 Å². The molecule has 0 radical (unpaired) electrons. The van der Waals surface area contributed by atoms with Crippen LogP contribution in [-0.2, 0) is 0 Å². The molecule has 1 aliphatic heterocycles. The van der Waals surface area contributed by atoms with Crippen LogP contribution < -0.4 is 4.74 Å². The number of hydrogen-bond donors (Lipinski definition) is 0. The fraction of sp³-hybridized carbons (Fsp3) is 0.467. The van der Waals surface area contributed by atoms with Crippen LogP contribution in [-0.4, -0.2) is 67.5 Å². The molecule has 4 rings (SSSR count). The topological polar surface area (TPSA) is 116 Å². The Morgan fingerprint density at radius 2 is 1.92 bits per heavy atom. The van der Waals surface area contributed by atoms with Crippen LogP contribution in [0.5, 0.6) is 5.88 Å². The molecule has 0 aromatic carbocycles. The Balaban J connectivity index is 1.64. The van der Waals surface area contributed by atoms with E-state index in [2.05, 4.69) is 30.7 Å². The van der Waals surface area contributed by atoms with Crippen LogP contribution in [0.3, 0.4) is 0 Å². The minimum absolute atomic E-state index is 0.0502. The highest BCUT2D eigenvalue weighted by Gasteiger charge is 2.34. The van der Waals surface area contributed by atoms with E-state index in [9.17, 15) is 4.39 Å². The van der Waals surface area contributed by atoms with Crippen molar-refractivity contribution in [3.8, 4) is 28.9 Å². The normalized spacial score (nSPS) is 21.8. The number of alkyl halides is 1. The van der Waals surface area contributed by atoms with Crippen molar-refractivity contribution in [1.82, 2.24) is 35.6 Å². The van der Waals surface area contributed by atoms with Gasteiger partial charge in [-0.1, -0.05) is 0 Å². The molecule has 1 aliphatic rings. The largest absolute Gasteiger partial charge is 0.473 e. The maximum Gasteiger partial charge on any atom is 0.224 e. The average molecular weight is 361 g/mol. The first-order valence-corrected chi connectivity index (χ1v) is 8.05. The molecule has 3 atom stereocenters. The molecule has 26 heavy (non-hydrogen) atoms. The quantitative estimate of drug-likeness (QED) is 0.660. The van der Waals surface area contributed by atoms with Crippen molar-refractivity contribution < 1.29 is 18.2 Å². The Morgan fingerprint density at radius 3 is 2.54 bits per heavy atom. The SMILES string of the molecule is C[C@H](Oc1cc(-c2cnno2)nc(-c2cnno2)n1)[C@@H]1C[C@@H](F)CN1C. The second-order valence-corrected chi connectivity index (χ2v) is 6.14. The van der Waals surface area contributed by atoms with Gasteiger partial charge in [-0.3, -0.25) is 4.90 Å². The van der Waals surface area contributed by atoms with E-state index in [1.54, 1.807) is 6.07 Å². The highest BCUT2D eigenvalue weighted by atomic mass is 19.1. The van der Waals surface area contributed by atoms with E-state index in [-0.39, 0.29) is 23.7 Å². The molecule has 136 valence electrons. The zero-order valence-electron chi connectivity index (χ0n) is 14.1. The Morgan fingerprint density at radius 1 is 1.19 bits per heavy atom. The lowest BCUT2D eigenvalue weighted by Gasteiger charge is -2.26. The lowest BCUT2D eigenvalue weighted by molar-refractivity contribution is 0.117. The summed E-state index contributed by atoms with van der Waals surface area (Å²) in [5, 5.41) is 14.1. The fourth-order valence-electron chi connectivity index (χ4n) is 3.05. The Hall–Kier alpha value is -2.95. The molecule has 0 N–H and O–H groups in total. The number of hydrogen-bond acceptors (Lipinski definition) is 10. The van der Waals surface area contributed by atoms with Crippen molar-refractivity contribution in [1.29, 1.82) is 0 Å². The third kappa shape index (κ3) is 3.25. The van der Waals surface area contributed by atoms with Gasteiger partial charge in [0, 0.05) is 29.2 Å². The molecule has 10 nitrogen and oxygen atoms in total. The third-order valence-corrected chi connectivity index (χ3v) is 4.30. The molecule has 1 saturated heterocycles. The third-order valence-electron chi connectivity index (χ3n) is 4.30. The molecule has 0 saturated carbocycles. The van der Waals surface area contributed by atoms with Gasteiger partial charge in [-0.2, -0.15) is 4.98 Å². The van der Waals surface area contributed by atoms with Gasteiger partial charge < -0.3 is 13.8 Å². The zero-order valence-corrected chi connectivity index (χ0v) is 14.1. The van der Waals surface area contributed by atoms with E-state index < -0.39 is 6.17 Å². The summed E-state index contributed by atoms with van der Waals surface area (Å²) in [6, 6.07) is 1.55. The predicted molar refractivity (Wildman–Crippen MR) is 84.6 cm³/mol. The minimum Gasteiger partial charge on any atom is -0.473 e. The van der Waals surface area contributed by atoms with Gasteiger partial charge in [0.25, 0.3) is 0 Å². The number of likely N-dealkylation sites (tertiary alicyclic amines) is 1. The number of aromatic nitrogens is 6. The summed E-state index contributed by atoms with van der Waals surface area (Å²) in [5.41, 5.74) is 0.418. The molecule has 0 bridgehead atoms. The Kier molecular flexibility index (Phi) is 4.29. The second-order valence-electron chi connectivity index (χ2n) is 6.14. The standard InChI is InChI=1S/C15H16FN7O3/c1-8(11-3-9(16)7-23(11)2)24-14-4-10(12-5-17-21-25-12)19-15(20-14)13-6-18-22-26-13/h4-6,8-9,11H,3,7H2,1-2H3/t8-,9+,11-/m0/s1. The summed E-state index contributed by atoms with van der Waals surface area (Å²) in [6.45, 7) is 2.28. The van der Waals surface area contributed by atoms with E-state index >= 15 is 0 Å². The van der Waals surface area contributed by atoms with Crippen LogP contribution in [0.2, 0.25) is 0 Å². The summed E-state index contributed by atoms with van der Waals surface area (Å²) in [6.07, 6.45) is 2.10. The fourth-order valence-corrected chi connectivity index (χ4v) is 3.05. The van der Waals surface area contributed by atoms with Crippen molar-refractivity contribution in [2.24, 2.45) is 0 Å². The van der Waals surface area contributed by atoms with Gasteiger partial charge >= 0.3 is 0 Å². The summed E-state index contributed by atoms with van der Waals surface area (Å²) < 4.78 is 29.7. The molecule has 0 amide bonds. The van der Waals surface area contributed by atoms with Crippen molar-refractivity contribution in [3.63, 3.8) is 0 Å². The molecule has 3 aromatic rings. The summed E-state index contributed by atoms with van der Waals surface area (Å²) in [5.74, 6) is 1.15. The van der Waals surface area contributed by atoms with Crippen molar-refractivity contribution in [2.75, 3.05) is 13.6 Å². The van der Waals surface area contributed by atoms with E-state index in [1.165, 1.54) is 12.4 Å². The number of halogens is 1. The van der Waals surface area contributed by atoms with Gasteiger partial charge in [-0.05, 0) is 20.4 Å².